The molecule has 21 heavy (non-hydrogen) atoms. The van der Waals surface area contributed by atoms with E-state index in [1.54, 1.807) is 13.0 Å². The Labute approximate surface area is 128 Å². The van der Waals surface area contributed by atoms with Crippen LogP contribution in [0.2, 0.25) is 0 Å². The number of hydrogen-bond donors (Lipinski definition) is 2. The molecule has 3 heteroatoms. The van der Waals surface area contributed by atoms with E-state index in [4.69, 9.17) is 10.2 Å². The van der Waals surface area contributed by atoms with Gasteiger partial charge in [0.05, 0.1) is 6.10 Å². The van der Waals surface area contributed by atoms with Gasteiger partial charge < -0.3 is 10.2 Å². The fourth-order valence-electron chi connectivity index (χ4n) is 1.73. The standard InChI is InChI=1S/C18H28O3/c1-17(19)15-13-11-9-7-5-3-2-4-6-8-10-12-14-16-18(20)21/h2-3,5,7,9,11,13,15,17,19H,4,6,8,10,12,14,16H2,1H3,(H,20,21). The molecule has 0 aliphatic carbocycles. The van der Waals surface area contributed by atoms with Gasteiger partial charge in [-0.25, -0.2) is 0 Å². The Balaban J connectivity index is 3.42. The Bertz CT molecular complexity index is 363. The van der Waals surface area contributed by atoms with Crippen LogP contribution in [-0.4, -0.2) is 22.3 Å². The molecule has 0 aliphatic rings. The van der Waals surface area contributed by atoms with E-state index in [0.29, 0.717) is 6.42 Å². The minimum Gasteiger partial charge on any atom is -0.481 e. The number of aliphatic hydroxyl groups is 1. The molecular weight excluding hydrogens is 264 g/mol. The second-order valence-corrected chi connectivity index (χ2v) is 5.02. The Kier molecular flexibility index (Phi) is 13.7. The lowest BCUT2D eigenvalue weighted by atomic mass is 10.1. The van der Waals surface area contributed by atoms with E-state index in [1.807, 2.05) is 36.5 Å². The zero-order valence-corrected chi connectivity index (χ0v) is 12.9. The van der Waals surface area contributed by atoms with Crippen molar-refractivity contribution in [2.24, 2.45) is 0 Å². The van der Waals surface area contributed by atoms with Crippen molar-refractivity contribution in [1.29, 1.82) is 0 Å². The van der Waals surface area contributed by atoms with Crippen LogP contribution in [-0.2, 0) is 4.79 Å². The van der Waals surface area contributed by atoms with Gasteiger partial charge in [0.2, 0.25) is 0 Å². The molecule has 3 nitrogen and oxygen atoms in total. The van der Waals surface area contributed by atoms with Gasteiger partial charge in [0.15, 0.2) is 0 Å². The number of unbranched alkanes of at least 4 members (excludes halogenated alkanes) is 5. The topological polar surface area (TPSA) is 57.5 Å². The zero-order chi connectivity index (χ0) is 15.8. The van der Waals surface area contributed by atoms with Crippen molar-refractivity contribution in [3.05, 3.63) is 48.6 Å². The van der Waals surface area contributed by atoms with Crippen LogP contribution in [0.4, 0.5) is 0 Å². The summed E-state index contributed by atoms with van der Waals surface area (Å²) in [6.45, 7) is 1.72. The van der Waals surface area contributed by atoms with Crippen molar-refractivity contribution in [2.75, 3.05) is 0 Å². The molecule has 0 spiro atoms. The molecule has 0 heterocycles. The van der Waals surface area contributed by atoms with Crippen molar-refractivity contribution in [2.45, 2.75) is 58.0 Å². The van der Waals surface area contributed by atoms with Crippen LogP contribution in [0.15, 0.2) is 48.6 Å². The van der Waals surface area contributed by atoms with Crippen LogP contribution in [0.25, 0.3) is 0 Å². The summed E-state index contributed by atoms with van der Waals surface area (Å²) >= 11 is 0. The molecule has 0 rings (SSSR count). The van der Waals surface area contributed by atoms with Gasteiger partial charge in [-0.05, 0) is 26.2 Å². The molecule has 0 saturated carbocycles. The van der Waals surface area contributed by atoms with E-state index in [2.05, 4.69) is 6.08 Å². The molecule has 118 valence electrons. The summed E-state index contributed by atoms with van der Waals surface area (Å²) in [5, 5.41) is 17.5. The van der Waals surface area contributed by atoms with E-state index in [0.717, 1.165) is 38.5 Å². The van der Waals surface area contributed by atoms with Gasteiger partial charge in [0.25, 0.3) is 0 Å². The number of rotatable bonds is 12. The lowest BCUT2D eigenvalue weighted by Crippen LogP contribution is -1.93. The quantitative estimate of drug-likeness (QED) is 0.414. The summed E-state index contributed by atoms with van der Waals surface area (Å²) in [4.78, 5) is 10.3. The first-order valence-electron chi connectivity index (χ1n) is 7.69. The lowest BCUT2D eigenvalue weighted by molar-refractivity contribution is -0.137. The maximum Gasteiger partial charge on any atom is 0.303 e. The number of carboxylic acid groups (broad SMARTS) is 1. The Morgan fingerprint density at radius 1 is 0.905 bits per heavy atom. The van der Waals surface area contributed by atoms with Crippen LogP contribution in [0.1, 0.15) is 51.9 Å². The van der Waals surface area contributed by atoms with Gasteiger partial charge in [0, 0.05) is 6.42 Å². The smallest absolute Gasteiger partial charge is 0.303 e. The average molecular weight is 292 g/mol. The van der Waals surface area contributed by atoms with Crippen molar-refractivity contribution in [3.8, 4) is 0 Å². The summed E-state index contributed by atoms with van der Waals surface area (Å²) < 4.78 is 0. The van der Waals surface area contributed by atoms with E-state index >= 15 is 0 Å². The van der Waals surface area contributed by atoms with Gasteiger partial charge in [-0.1, -0.05) is 67.9 Å². The maximum atomic E-state index is 10.3. The Morgan fingerprint density at radius 3 is 2.14 bits per heavy atom. The normalized spacial score (nSPS) is 14.0. The van der Waals surface area contributed by atoms with Gasteiger partial charge in [0.1, 0.15) is 0 Å². The van der Waals surface area contributed by atoms with Crippen molar-refractivity contribution in [3.63, 3.8) is 0 Å². The Hall–Kier alpha value is -1.61. The molecule has 1 unspecified atom stereocenters. The van der Waals surface area contributed by atoms with Crippen LogP contribution in [0.5, 0.6) is 0 Å². The maximum absolute atomic E-state index is 10.3. The first kappa shape index (κ1) is 19.4. The summed E-state index contributed by atoms with van der Waals surface area (Å²) in [6.07, 6.45) is 21.7. The first-order chi connectivity index (χ1) is 10.1. The second kappa shape index (κ2) is 14.8. The molecule has 0 aromatic carbocycles. The molecule has 0 saturated heterocycles. The van der Waals surface area contributed by atoms with Crippen LogP contribution in [0, 0.1) is 0 Å². The summed E-state index contributed by atoms with van der Waals surface area (Å²) in [7, 11) is 0. The molecule has 0 aliphatic heterocycles. The van der Waals surface area contributed by atoms with Crippen molar-refractivity contribution in [1.82, 2.24) is 0 Å². The molecule has 0 radical (unpaired) electrons. The largest absolute Gasteiger partial charge is 0.481 e. The minimum absolute atomic E-state index is 0.296. The van der Waals surface area contributed by atoms with Gasteiger partial charge >= 0.3 is 5.97 Å². The van der Waals surface area contributed by atoms with Crippen molar-refractivity contribution >= 4 is 5.97 Å². The highest BCUT2D eigenvalue weighted by molar-refractivity contribution is 5.66. The van der Waals surface area contributed by atoms with Gasteiger partial charge in [-0.3, -0.25) is 4.79 Å². The lowest BCUT2D eigenvalue weighted by Gasteiger charge is -1.97. The Morgan fingerprint density at radius 2 is 1.48 bits per heavy atom. The van der Waals surface area contributed by atoms with Crippen LogP contribution < -0.4 is 0 Å². The number of allylic oxidation sites excluding steroid dienone is 7. The summed E-state index contributed by atoms with van der Waals surface area (Å²) in [5.41, 5.74) is 0. The van der Waals surface area contributed by atoms with Gasteiger partial charge in [-0.15, -0.1) is 0 Å². The third-order valence-electron chi connectivity index (χ3n) is 2.84. The van der Waals surface area contributed by atoms with E-state index in [1.165, 1.54) is 0 Å². The number of carboxylic acids is 1. The number of aliphatic hydroxyl groups excluding tert-OH is 1. The molecular formula is C18H28O3. The molecule has 0 fully saturated rings. The van der Waals surface area contributed by atoms with E-state index in [-0.39, 0.29) is 0 Å². The summed E-state index contributed by atoms with van der Waals surface area (Å²) in [5.74, 6) is -0.694. The molecule has 1 atom stereocenters. The third kappa shape index (κ3) is 18.4. The number of carbonyl (C=O) groups is 1. The highest BCUT2D eigenvalue weighted by Crippen LogP contribution is 2.07. The van der Waals surface area contributed by atoms with E-state index in [9.17, 15) is 4.79 Å². The molecule has 2 N–H and O–H groups in total. The zero-order valence-electron chi connectivity index (χ0n) is 12.9. The highest BCUT2D eigenvalue weighted by Gasteiger charge is 1.95. The van der Waals surface area contributed by atoms with Crippen LogP contribution in [0.3, 0.4) is 0 Å². The average Bonchev–Trinajstić information content (AvgIpc) is 2.42. The molecule has 0 amide bonds. The number of aliphatic carboxylic acids is 1. The minimum atomic E-state index is -0.694. The molecule has 0 bridgehead atoms. The second-order valence-electron chi connectivity index (χ2n) is 5.02. The third-order valence-corrected chi connectivity index (χ3v) is 2.84. The fourth-order valence-corrected chi connectivity index (χ4v) is 1.73. The summed E-state index contributed by atoms with van der Waals surface area (Å²) in [6, 6.07) is 0. The van der Waals surface area contributed by atoms with E-state index < -0.39 is 12.1 Å². The van der Waals surface area contributed by atoms with Gasteiger partial charge in [-0.2, -0.15) is 0 Å². The van der Waals surface area contributed by atoms with Crippen LogP contribution >= 0.6 is 0 Å². The predicted octanol–water partition coefficient (Wildman–Crippen LogP) is 4.41. The molecule has 0 aromatic rings. The van der Waals surface area contributed by atoms with Crippen molar-refractivity contribution < 1.29 is 15.0 Å². The highest BCUT2D eigenvalue weighted by atomic mass is 16.4. The predicted molar refractivity (Wildman–Crippen MR) is 88.2 cm³/mol. The first-order valence-corrected chi connectivity index (χ1v) is 7.69. The number of hydrogen-bond acceptors (Lipinski definition) is 2. The fraction of sp³-hybridized carbons (Fsp3) is 0.500. The monoisotopic (exact) mass is 292 g/mol. The SMILES string of the molecule is CC(O)C=CC=CC=CC=CCCCCCCCC(=O)O. The molecule has 0 aromatic heterocycles.